The number of hydrogen-bond acceptors (Lipinski definition) is 5. The summed E-state index contributed by atoms with van der Waals surface area (Å²) in [5.74, 6) is 0.588. The summed E-state index contributed by atoms with van der Waals surface area (Å²) in [5.41, 5.74) is 0. The van der Waals surface area contributed by atoms with Gasteiger partial charge in [-0.3, -0.25) is 4.72 Å². The highest BCUT2D eigenvalue weighted by Crippen LogP contribution is 2.33. The number of aromatic nitrogens is 2. The van der Waals surface area contributed by atoms with Crippen molar-refractivity contribution < 1.29 is 13.2 Å². The standard InChI is InChI=1S/C14H12BrCl2N3O3S/c15-11-6-18-13(14(19-11)23-7-8-4-5-8)20-24(21,22)10-3-1-2-9(16)12(10)17/h1-3,6,8H,4-5,7H2,(H,18,20). The Labute approximate surface area is 157 Å². The molecular weight excluding hydrogens is 441 g/mol. The Morgan fingerprint density at radius 2 is 2.08 bits per heavy atom. The molecule has 0 unspecified atom stereocenters. The molecule has 1 aromatic heterocycles. The van der Waals surface area contributed by atoms with Crippen LogP contribution in [0.2, 0.25) is 10.0 Å². The molecule has 2 aromatic rings. The smallest absolute Gasteiger partial charge is 0.264 e. The molecule has 0 spiro atoms. The van der Waals surface area contributed by atoms with Crippen molar-refractivity contribution in [2.45, 2.75) is 17.7 Å². The molecule has 1 fully saturated rings. The van der Waals surface area contributed by atoms with Gasteiger partial charge in [0, 0.05) is 0 Å². The van der Waals surface area contributed by atoms with Crippen LogP contribution in [-0.4, -0.2) is 25.0 Å². The lowest BCUT2D eigenvalue weighted by Gasteiger charge is -2.13. The Balaban J connectivity index is 1.90. The number of sulfonamides is 1. The minimum Gasteiger partial charge on any atom is -0.475 e. The summed E-state index contributed by atoms with van der Waals surface area (Å²) in [6, 6.07) is 4.36. The summed E-state index contributed by atoms with van der Waals surface area (Å²) in [4.78, 5) is 8.03. The van der Waals surface area contributed by atoms with Gasteiger partial charge in [0.25, 0.3) is 15.9 Å². The number of hydrogen-bond donors (Lipinski definition) is 1. The summed E-state index contributed by atoms with van der Waals surface area (Å²) >= 11 is 15.1. The van der Waals surface area contributed by atoms with E-state index in [0.29, 0.717) is 17.1 Å². The van der Waals surface area contributed by atoms with Crippen LogP contribution < -0.4 is 9.46 Å². The molecule has 0 aliphatic heterocycles. The third-order valence-corrected chi connectivity index (χ3v) is 5.99. The molecule has 10 heteroatoms. The molecule has 1 aliphatic carbocycles. The molecule has 24 heavy (non-hydrogen) atoms. The molecule has 0 saturated heterocycles. The van der Waals surface area contributed by atoms with Gasteiger partial charge in [-0.1, -0.05) is 29.3 Å². The zero-order chi connectivity index (χ0) is 17.3. The summed E-state index contributed by atoms with van der Waals surface area (Å²) in [7, 11) is -3.99. The van der Waals surface area contributed by atoms with Crippen LogP contribution in [0.5, 0.6) is 5.88 Å². The van der Waals surface area contributed by atoms with Crippen LogP contribution in [-0.2, 0) is 10.0 Å². The summed E-state index contributed by atoms with van der Waals surface area (Å²) in [5, 5.41) is 0.0869. The van der Waals surface area contributed by atoms with Crippen molar-refractivity contribution in [3.05, 3.63) is 39.0 Å². The van der Waals surface area contributed by atoms with Gasteiger partial charge in [0.05, 0.1) is 22.8 Å². The maximum absolute atomic E-state index is 12.6. The quantitative estimate of drug-likeness (QED) is 0.712. The second-order valence-electron chi connectivity index (χ2n) is 5.26. The Kier molecular flexibility index (Phi) is 5.19. The van der Waals surface area contributed by atoms with E-state index in [4.69, 9.17) is 27.9 Å². The van der Waals surface area contributed by atoms with E-state index in [0.717, 1.165) is 12.8 Å². The maximum atomic E-state index is 12.6. The van der Waals surface area contributed by atoms with Gasteiger partial charge in [0.15, 0.2) is 0 Å². The lowest BCUT2D eigenvalue weighted by molar-refractivity contribution is 0.288. The van der Waals surface area contributed by atoms with Gasteiger partial charge in [-0.25, -0.2) is 18.4 Å². The van der Waals surface area contributed by atoms with E-state index in [2.05, 4.69) is 30.6 Å². The third-order valence-electron chi connectivity index (χ3n) is 3.30. The van der Waals surface area contributed by atoms with Crippen LogP contribution in [0.25, 0.3) is 0 Å². The molecule has 1 heterocycles. The van der Waals surface area contributed by atoms with Crippen molar-refractivity contribution in [3.63, 3.8) is 0 Å². The molecule has 0 amide bonds. The first-order valence-electron chi connectivity index (χ1n) is 6.99. The number of halogens is 3. The molecule has 6 nitrogen and oxygen atoms in total. The fraction of sp³-hybridized carbons (Fsp3) is 0.286. The van der Waals surface area contributed by atoms with E-state index in [9.17, 15) is 8.42 Å². The Morgan fingerprint density at radius 1 is 1.33 bits per heavy atom. The summed E-state index contributed by atoms with van der Waals surface area (Å²) in [6.45, 7) is 0.470. The van der Waals surface area contributed by atoms with Crippen molar-refractivity contribution in [1.82, 2.24) is 9.97 Å². The molecule has 1 aromatic carbocycles. The Bertz CT molecular complexity index is 876. The summed E-state index contributed by atoms with van der Waals surface area (Å²) in [6.07, 6.45) is 3.57. The van der Waals surface area contributed by atoms with Gasteiger partial charge >= 0.3 is 0 Å². The first-order chi connectivity index (χ1) is 11.4. The first kappa shape index (κ1) is 17.7. The molecule has 128 valence electrons. The van der Waals surface area contributed by atoms with Crippen LogP contribution in [0.1, 0.15) is 12.8 Å². The number of rotatable bonds is 6. The number of benzene rings is 1. The molecule has 1 aliphatic rings. The molecule has 0 radical (unpaired) electrons. The topological polar surface area (TPSA) is 81.2 Å². The average Bonchev–Trinajstić information content (AvgIpc) is 3.34. The van der Waals surface area contributed by atoms with Crippen molar-refractivity contribution in [2.75, 3.05) is 11.3 Å². The van der Waals surface area contributed by atoms with Crippen LogP contribution in [0.3, 0.4) is 0 Å². The minimum absolute atomic E-state index is 0.00473. The lowest BCUT2D eigenvalue weighted by Crippen LogP contribution is -2.16. The van der Waals surface area contributed by atoms with Gasteiger partial charge in [0.2, 0.25) is 5.82 Å². The monoisotopic (exact) mass is 451 g/mol. The van der Waals surface area contributed by atoms with Crippen molar-refractivity contribution in [1.29, 1.82) is 0 Å². The SMILES string of the molecule is O=S(=O)(Nc1ncc(Br)nc1OCC1CC1)c1cccc(Cl)c1Cl. The number of anilines is 1. The molecule has 1 N–H and O–H groups in total. The normalized spacial score (nSPS) is 14.5. The van der Waals surface area contributed by atoms with Gasteiger partial charge in [-0.15, -0.1) is 0 Å². The Hall–Kier alpha value is -1.09. The highest BCUT2D eigenvalue weighted by molar-refractivity contribution is 9.10. The molecule has 3 rings (SSSR count). The van der Waals surface area contributed by atoms with E-state index in [1.54, 1.807) is 0 Å². The first-order valence-corrected chi connectivity index (χ1v) is 10.0. The van der Waals surface area contributed by atoms with Crippen LogP contribution in [0.4, 0.5) is 5.82 Å². The molecule has 1 saturated carbocycles. The van der Waals surface area contributed by atoms with Crippen LogP contribution in [0, 0.1) is 5.92 Å². The lowest BCUT2D eigenvalue weighted by atomic mass is 10.4. The fourth-order valence-corrected chi connectivity index (χ4v) is 3.91. The number of nitrogens with zero attached hydrogens (tertiary/aromatic N) is 2. The maximum Gasteiger partial charge on any atom is 0.264 e. The average molecular weight is 453 g/mol. The van der Waals surface area contributed by atoms with Crippen LogP contribution in [0.15, 0.2) is 33.9 Å². The van der Waals surface area contributed by atoms with Gasteiger partial charge in [-0.05, 0) is 46.8 Å². The largest absolute Gasteiger partial charge is 0.475 e. The van der Waals surface area contributed by atoms with E-state index in [1.165, 1.54) is 24.4 Å². The Morgan fingerprint density at radius 3 is 2.79 bits per heavy atom. The van der Waals surface area contributed by atoms with E-state index in [-0.39, 0.29) is 26.6 Å². The fourth-order valence-electron chi connectivity index (χ4n) is 1.88. The van der Waals surface area contributed by atoms with E-state index < -0.39 is 10.0 Å². The van der Waals surface area contributed by atoms with Crippen LogP contribution >= 0.6 is 39.1 Å². The predicted molar refractivity (Wildman–Crippen MR) is 95.2 cm³/mol. The third kappa shape index (κ3) is 4.11. The second-order valence-corrected chi connectivity index (χ2v) is 8.51. The van der Waals surface area contributed by atoms with Crippen molar-refractivity contribution >= 4 is 55.0 Å². The van der Waals surface area contributed by atoms with E-state index >= 15 is 0 Å². The minimum atomic E-state index is -3.99. The molecule has 0 atom stereocenters. The van der Waals surface area contributed by atoms with E-state index in [1.807, 2.05) is 0 Å². The van der Waals surface area contributed by atoms with Gasteiger partial charge < -0.3 is 4.74 Å². The molecule has 0 bridgehead atoms. The summed E-state index contributed by atoms with van der Waals surface area (Å²) < 4.78 is 33.5. The number of ether oxygens (including phenoxy) is 1. The highest BCUT2D eigenvalue weighted by Gasteiger charge is 2.25. The van der Waals surface area contributed by atoms with Gasteiger partial charge in [-0.2, -0.15) is 0 Å². The highest BCUT2D eigenvalue weighted by atomic mass is 79.9. The predicted octanol–water partition coefficient (Wildman–Crippen LogP) is 4.14. The van der Waals surface area contributed by atoms with Crippen molar-refractivity contribution in [3.8, 4) is 5.88 Å². The molecular formula is C14H12BrCl2N3O3S. The number of nitrogens with one attached hydrogen (secondary N) is 1. The zero-order valence-corrected chi connectivity index (χ0v) is 16.1. The van der Waals surface area contributed by atoms with Gasteiger partial charge in [0.1, 0.15) is 9.50 Å². The second kappa shape index (κ2) is 7.03. The zero-order valence-electron chi connectivity index (χ0n) is 12.2. The van der Waals surface area contributed by atoms with Crippen molar-refractivity contribution in [2.24, 2.45) is 5.92 Å².